The van der Waals surface area contributed by atoms with Crippen molar-refractivity contribution in [2.45, 2.75) is 6.54 Å². The molecule has 0 saturated carbocycles. The number of halogens is 1. The molecule has 4 nitrogen and oxygen atoms in total. The largest absolute Gasteiger partial charge is 0.384 e. The van der Waals surface area contributed by atoms with Crippen LogP contribution in [0.4, 0.5) is 11.8 Å². The Hall–Kier alpha value is -1.81. The van der Waals surface area contributed by atoms with Crippen LogP contribution in [0, 0.1) is 0 Å². The Morgan fingerprint density at radius 3 is 2.88 bits per heavy atom. The van der Waals surface area contributed by atoms with Gasteiger partial charge in [-0.2, -0.15) is 4.98 Å². The zero-order chi connectivity index (χ0) is 12.3. The van der Waals surface area contributed by atoms with E-state index in [4.69, 9.17) is 17.3 Å². The van der Waals surface area contributed by atoms with Gasteiger partial charge in [0.2, 0.25) is 5.95 Å². The fraction of sp³-hybridized carbons (Fsp3) is 0.167. The quantitative estimate of drug-likeness (QED) is 0.906. The van der Waals surface area contributed by atoms with E-state index in [1.54, 1.807) is 12.3 Å². The highest BCUT2D eigenvalue weighted by Gasteiger charge is 2.05. The predicted molar refractivity (Wildman–Crippen MR) is 70.0 cm³/mol. The summed E-state index contributed by atoms with van der Waals surface area (Å²) in [6.07, 6.45) is 1.64. The predicted octanol–water partition coefficient (Wildman–Crippen LogP) is 2.35. The third-order valence-electron chi connectivity index (χ3n) is 2.31. The molecule has 0 fully saturated rings. The lowest BCUT2D eigenvalue weighted by Crippen LogP contribution is -2.19. The number of hydrogen-bond acceptors (Lipinski definition) is 4. The van der Waals surface area contributed by atoms with E-state index in [0.717, 1.165) is 10.6 Å². The van der Waals surface area contributed by atoms with Crippen LogP contribution < -0.4 is 10.6 Å². The fourth-order valence-corrected chi connectivity index (χ4v) is 1.74. The van der Waals surface area contributed by atoms with Gasteiger partial charge in [-0.1, -0.05) is 23.7 Å². The van der Waals surface area contributed by atoms with Crippen molar-refractivity contribution in [2.24, 2.45) is 0 Å². The van der Waals surface area contributed by atoms with Crippen LogP contribution in [0.25, 0.3) is 0 Å². The molecular formula is C12H13ClN4. The first kappa shape index (κ1) is 11.7. The summed E-state index contributed by atoms with van der Waals surface area (Å²) in [5, 5.41) is 0.726. The smallest absolute Gasteiger partial charge is 0.227 e. The summed E-state index contributed by atoms with van der Waals surface area (Å²) < 4.78 is 0. The topological polar surface area (TPSA) is 55.0 Å². The molecule has 0 atom stereocenters. The molecule has 0 bridgehead atoms. The minimum absolute atomic E-state index is 0.466. The van der Waals surface area contributed by atoms with Gasteiger partial charge < -0.3 is 10.6 Å². The lowest BCUT2D eigenvalue weighted by molar-refractivity contribution is 0.868. The summed E-state index contributed by atoms with van der Waals surface area (Å²) in [6, 6.07) is 9.36. The second-order valence-electron chi connectivity index (χ2n) is 3.77. The lowest BCUT2D eigenvalue weighted by Gasteiger charge is -2.17. The number of rotatable bonds is 3. The van der Waals surface area contributed by atoms with Crippen LogP contribution in [0.5, 0.6) is 0 Å². The second-order valence-corrected chi connectivity index (χ2v) is 4.20. The standard InChI is InChI=1S/C12H13ClN4/c1-17(12-15-6-5-11(14)16-12)8-9-3-2-4-10(13)7-9/h2-7H,8H2,1H3,(H2,14,15,16). The first-order chi connectivity index (χ1) is 8.15. The van der Waals surface area contributed by atoms with Crippen molar-refractivity contribution in [3.8, 4) is 0 Å². The van der Waals surface area contributed by atoms with E-state index < -0.39 is 0 Å². The molecular weight excluding hydrogens is 236 g/mol. The molecule has 5 heteroatoms. The molecule has 0 amide bonds. The van der Waals surface area contributed by atoms with Crippen LogP contribution in [0.1, 0.15) is 5.56 Å². The van der Waals surface area contributed by atoms with E-state index in [9.17, 15) is 0 Å². The van der Waals surface area contributed by atoms with Crippen LogP contribution in [0.2, 0.25) is 5.02 Å². The third kappa shape index (κ3) is 3.07. The molecule has 1 heterocycles. The number of nitrogen functional groups attached to an aromatic ring is 1. The molecule has 17 heavy (non-hydrogen) atoms. The molecule has 2 rings (SSSR count). The van der Waals surface area contributed by atoms with Crippen molar-refractivity contribution < 1.29 is 0 Å². The molecule has 88 valence electrons. The first-order valence-corrected chi connectivity index (χ1v) is 5.57. The van der Waals surface area contributed by atoms with Crippen LogP contribution in [-0.4, -0.2) is 17.0 Å². The average molecular weight is 249 g/mol. The highest BCUT2D eigenvalue weighted by molar-refractivity contribution is 6.30. The van der Waals surface area contributed by atoms with Crippen molar-refractivity contribution in [3.63, 3.8) is 0 Å². The molecule has 2 aromatic rings. The molecule has 0 aliphatic carbocycles. The fourth-order valence-electron chi connectivity index (χ4n) is 1.53. The van der Waals surface area contributed by atoms with Gasteiger partial charge in [-0.25, -0.2) is 4.98 Å². The summed E-state index contributed by atoms with van der Waals surface area (Å²) in [7, 11) is 1.91. The second kappa shape index (κ2) is 5.01. The summed E-state index contributed by atoms with van der Waals surface area (Å²) in [6.45, 7) is 0.685. The monoisotopic (exact) mass is 248 g/mol. The zero-order valence-electron chi connectivity index (χ0n) is 9.47. The van der Waals surface area contributed by atoms with E-state index in [0.29, 0.717) is 18.3 Å². The van der Waals surface area contributed by atoms with Crippen molar-refractivity contribution in [2.75, 3.05) is 17.7 Å². The SMILES string of the molecule is CN(Cc1cccc(Cl)c1)c1nccc(N)n1. The van der Waals surface area contributed by atoms with Crippen LogP contribution in [0.15, 0.2) is 36.5 Å². The molecule has 1 aromatic carbocycles. The van der Waals surface area contributed by atoms with Gasteiger partial charge in [0.05, 0.1) is 0 Å². The number of benzene rings is 1. The van der Waals surface area contributed by atoms with E-state index in [2.05, 4.69) is 9.97 Å². The molecule has 0 radical (unpaired) electrons. The van der Waals surface area contributed by atoms with Crippen LogP contribution >= 0.6 is 11.6 Å². The Kier molecular flexibility index (Phi) is 3.44. The van der Waals surface area contributed by atoms with Crippen molar-refractivity contribution in [1.82, 2.24) is 9.97 Å². The number of anilines is 2. The Morgan fingerprint density at radius 1 is 1.35 bits per heavy atom. The Balaban J connectivity index is 2.14. The summed E-state index contributed by atoms with van der Waals surface area (Å²) in [5.74, 6) is 1.07. The average Bonchev–Trinajstić information content (AvgIpc) is 2.29. The zero-order valence-corrected chi connectivity index (χ0v) is 10.2. The van der Waals surface area contributed by atoms with Gasteiger partial charge in [0, 0.05) is 24.8 Å². The number of aromatic nitrogens is 2. The van der Waals surface area contributed by atoms with Crippen LogP contribution in [-0.2, 0) is 6.54 Å². The molecule has 0 aliphatic rings. The molecule has 1 aromatic heterocycles. The molecule has 0 unspecified atom stereocenters. The van der Waals surface area contributed by atoms with E-state index in [1.807, 2.05) is 36.2 Å². The van der Waals surface area contributed by atoms with Crippen molar-refractivity contribution in [3.05, 3.63) is 47.1 Å². The summed E-state index contributed by atoms with van der Waals surface area (Å²) in [5.41, 5.74) is 6.72. The van der Waals surface area contributed by atoms with E-state index in [1.165, 1.54) is 0 Å². The van der Waals surface area contributed by atoms with Gasteiger partial charge in [0.1, 0.15) is 5.82 Å². The minimum atomic E-state index is 0.466. The van der Waals surface area contributed by atoms with Gasteiger partial charge in [-0.3, -0.25) is 0 Å². The van der Waals surface area contributed by atoms with Crippen molar-refractivity contribution in [1.29, 1.82) is 0 Å². The Morgan fingerprint density at radius 2 is 2.18 bits per heavy atom. The number of nitrogens with two attached hydrogens (primary N) is 1. The highest BCUT2D eigenvalue weighted by atomic mass is 35.5. The van der Waals surface area contributed by atoms with Gasteiger partial charge in [-0.15, -0.1) is 0 Å². The molecule has 0 saturated heterocycles. The highest BCUT2D eigenvalue weighted by Crippen LogP contribution is 2.14. The van der Waals surface area contributed by atoms with Gasteiger partial charge in [-0.05, 0) is 23.8 Å². The lowest BCUT2D eigenvalue weighted by atomic mass is 10.2. The van der Waals surface area contributed by atoms with Crippen LogP contribution in [0.3, 0.4) is 0 Å². The van der Waals surface area contributed by atoms with Gasteiger partial charge in [0.25, 0.3) is 0 Å². The normalized spacial score (nSPS) is 10.2. The summed E-state index contributed by atoms with van der Waals surface area (Å²) in [4.78, 5) is 10.2. The van der Waals surface area contributed by atoms with Crippen molar-refractivity contribution >= 4 is 23.4 Å². The van der Waals surface area contributed by atoms with E-state index >= 15 is 0 Å². The Bertz CT molecular complexity index is 515. The Labute approximate surface area is 105 Å². The summed E-state index contributed by atoms with van der Waals surface area (Å²) >= 11 is 5.93. The number of nitrogens with zero attached hydrogens (tertiary/aromatic N) is 3. The third-order valence-corrected chi connectivity index (χ3v) is 2.55. The molecule has 0 aliphatic heterocycles. The maximum absolute atomic E-state index is 5.93. The maximum atomic E-state index is 5.93. The minimum Gasteiger partial charge on any atom is -0.384 e. The maximum Gasteiger partial charge on any atom is 0.227 e. The van der Waals surface area contributed by atoms with Gasteiger partial charge >= 0.3 is 0 Å². The molecule has 0 spiro atoms. The van der Waals surface area contributed by atoms with Gasteiger partial charge in [0.15, 0.2) is 0 Å². The first-order valence-electron chi connectivity index (χ1n) is 5.19. The van der Waals surface area contributed by atoms with E-state index in [-0.39, 0.29) is 0 Å². The molecule has 2 N–H and O–H groups in total. The number of hydrogen-bond donors (Lipinski definition) is 1.